The lowest BCUT2D eigenvalue weighted by Gasteiger charge is -2.07. The van der Waals surface area contributed by atoms with Crippen LogP contribution < -0.4 is 4.74 Å². The van der Waals surface area contributed by atoms with Gasteiger partial charge in [-0.05, 0) is 37.0 Å². The standard InChI is InChI=1S/C17H17FO2/c18-16-10-15(13-19)11-17(12-16)20-9-5-4-8-14-6-2-1-3-7-14/h1-3,6-7,10-13H,4-5,8-9H2. The van der Waals surface area contributed by atoms with Crippen LogP contribution in [0, 0.1) is 5.82 Å². The zero-order chi connectivity index (χ0) is 14.2. The Labute approximate surface area is 118 Å². The van der Waals surface area contributed by atoms with Crippen LogP contribution in [0.4, 0.5) is 4.39 Å². The highest BCUT2D eigenvalue weighted by Gasteiger charge is 2.01. The third kappa shape index (κ3) is 4.50. The van der Waals surface area contributed by atoms with Crippen molar-refractivity contribution in [2.45, 2.75) is 19.3 Å². The number of aryl methyl sites for hydroxylation is 1. The molecule has 20 heavy (non-hydrogen) atoms. The molecular weight excluding hydrogens is 255 g/mol. The van der Waals surface area contributed by atoms with E-state index in [1.165, 1.54) is 17.7 Å². The van der Waals surface area contributed by atoms with Crippen LogP contribution in [0.15, 0.2) is 48.5 Å². The summed E-state index contributed by atoms with van der Waals surface area (Å²) in [6.07, 6.45) is 3.53. The second kappa shape index (κ2) is 7.43. The molecule has 0 unspecified atom stereocenters. The molecule has 2 rings (SSSR count). The highest BCUT2D eigenvalue weighted by Crippen LogP contribution is 2.16. The van der Waals surface area contributed by atoms with Gasteiger partial charge in [-0.15, -0.1) is 0 Å². The lowest BCUT2D eigenvalue weighted by Crippen LogP contribution is -1.99. The minimum atomic E-state index is -0.450. The number of rotatable bonds is 7. The Hall–Kier alpha value is -2.16. The fourth-order valence-electron chi connectivity index (χ4n) is 2.00. The van der Waals surface area contributed by atoms with Gasteiger partial charge in [0.25, 0.3) is 0 Å². The smallest absolute Gasteiger partial charge is 0.150 e. The lowest BCUT2D eigenvalue weighted by atomic mass is 10.1. The molecule has 0 spiro atoms. The lowest BCUT2D eigenvalue weighted by molar-refractivity contribution is 0.112. The first-order chi connectivity index (χ1) is 9.78. The van der Waals surface area contributed by atoms with Crippen LogP contribution in [-0.4, -0.2) is 12.9 Å². The SMILES string of the molecule is O=Cc1cc(F)cc(OCCCCc2ccccc2)c1. The van der Waals surface area contributed by atoms with Crippen LogP contribution in [0.2, 0.25) is 0 Å². The van der Waals surface area contributed by atoms with Crippen molar-refractivity contribution in [2.75, 3.05) is 6.61 Å². The molecule has 0 aliphatic rings. The maximum Gasteiger partial charge on any atom is 0.150 e. The van der Waals surface area contributed by atoms with Crippen LogP contribution in [-0.2, 0) is 6.42 Å². The Balaban J connectivity index is 1.73. The number of ether oxygens (including phenoxy) is 1. The van der Waals surface area contributed by atoms with E-state index >= 15 is 0 Å². The second-order valence-electron chi connectivity index (χ2n) is 4.63. The van der Waals surface area contributed by atoms with E-state index in [1.807, 2.05) is 18.2 Å². The van der Waals surface area contributed by atoms with Gasteiger partial charge in [0.1, 0.15) is 17.9 Å². The summed E-state index contributed by atoms with van der Waals surface area (Å²) < 4.78 is 18.6. The first-order valence-corrected chi connectivity index (χ1v) is 6.70. The number of aldehydes is 1. The molecule has 0 bridgehead atoms. The minimum absolute atomic E-state index is 0.296. The van der Waals surface area contributed by atoms with Gasteiger partial charge >= 0.3 is 0 Å². The van der Waals surface area contributed by atoms with Gasteiger partial charge in [-0.3, -0.25) is 4.79 Å². The molecule has 0 aromatic heterocycles. The molecule has 0 N–H and O–H groups in total. The number of halogens is 1. The van der Waals surface area contributed by atoms with Gasteiger partial charge in [0, 0.05) is 11.6 Å². The van der Waals surface area contributed by atoms with E-state index in [1.54, 1.807) is 6.07 Å². The van der Waals surface area contributed by atoms with Gasteiger partial charge in [0.2, 0.25) is 0 Å². The van der Waals surface area contributed by atoms with E-state index in [0.717, 1.165) is 19.3 Å². The van der Waals surface area contributed by atoms with Gasteiger partial charge in [-0.1, -0.05) is 30.3 Å². The number of benzene rings is 2. The van der Waals surface area contributed by atoms with Gasteiger partial charge in [-0.2, -0.15) is 0 Å². The van der Waals surface area contributed by atoms with Crippen molar-refractivity contribution in [3.63, 3.8) is 0 Å². The number of carbonyl (C=O) groups is 1. The summed E-state index contributed by atoms with van der Waals surface area (Å²) in [5, 5.41) is 0. The molecule has 3 heteroatoms. The molecule has 104 valence electrons. The van der Waals surface area contributed by atoms with Gasteiger partial charge < -0.3 is 4.74 Å². The van der Waals surface area contributed by atoms with Crippen molar-refractivity contribution in [3.05, 3.63) is 65.5 Å². The highest BCUT2D eigenvalue weighted by atomic mass is 19.1. The Bertz CT molecular complexity index is 552. The van der Waals surface area contributed by atoms with Gasteiger partial charge in [0.05, 0.1) is 6.61 Å². The number of carbonyl (C=O) groups excluding carboxylic acids is 1. The number of hydrogen-bond acceptors (Lipinski definition) is 2. The molecule has 0 fully saturated rings. The van der Waals surface area contributed by atoms with Crippen LogP contribution in [0.5, 0.6) is 5.75 Å². The predicted molar refractivity (Wildman–Crippen MR) is 76.7 cm³/mol. The predicted octanol–water partition coefficient (Wildman–Crippen LogP) is 4.04. The van der Waals surface area contributed by atoms with E-state index in [0.29, 0.717) is 24.2 Å². The van der Waals surface area contributed by atoms with Crippen molar-refractivity contribution in [1.29, 1.82) is 0 Å². The fraction of sp³-hybridized carbons (Fsp3) is 0.235. The molecule has 0 aliphatic carbocycles. The third-order valence-corrected chi connectivity index (χ3v) is 3.00. The summed E-state index contributed by atoms with van der Waals surface area (Å²) in [6.45, 7) is 0.522. The topological polar surface area (TPSA) is 26.3 Å². The van der Waals surface area contributed by atoms with E-state index < -0.39 is 5.82 Å². The Morgan fingerprint density at radius 2 is 1.85 bits per heavy atom. The number of hydrogen-bond donors (Lipinski definition) is 0. The van der Waals surface area contributed by atoms with E-state index in [4.69, 9.17) is 4.74 Å². The molecule has 0 saturated heterocycles. The van der Waals surface area contributed by atoms with E-state index in [9.17, 15) is 9.18 Å². The van der Waals surface area contributed by atoms with Crippen LogP contribution in [0.3, 0.4) is 0 Å². The normalized spacial score (nSPS) is 10.2. The molecule has 0 saturated carbocycles. The summed E-state index contributed by atoms with van der Waals surface area (Å²) in [7, 11) is 0. The zero-order valence-corrected chi connectivity index (χ0v) is 11.2. The van der Waals surface area contributed by atoms with Crippen molar-refractivity contribution >= 4 is 6.29 Å². The highest BCUT2D eigenvalue weighted by molar-refractivity contribution is 5.75. The molecular formula is C17H17FO2. The average molecular weight is 272 g/mol. The van der Waals surface area contributed by atoms with Crippen molar-refractivity contribution < 1.29 is 13.9 Å². The largest absolute Gasteiger partial charge is 0.493 e. The second-order valence-corrected chi connectivity index (χ2v) is 4.63. The first kappa shape index (κ1) is 14.3. The zero-order valence-electron chi connectivity index (χ0n) is 11.2. The summed E-state index contributed by atoms with van der Waals surface area (Å²) in [6, 6.07) is 14.3. The third-order valence-electron chi connectivity index (χ3n) is 3.00. The average Bonchev–Trinajstić information content (AvgIpc) is 2.47. The molecule has 0 amide bonds. The molecule has 0 atom stereocenters. The van der Waals surface area contributed by atoms with Crippen LogP contribution in [0.1, 0.15) is 28.8 Å². The summed E-state index contributed by atoms with van der Waals surface area (Å²) in [5.41, 5.74) is 1.60. The summed E-state index contributed by atoms with van der Waals surface area (Å²) >= 11 is 0. The Morgan fingerprint density at radius 1 is 1.05 bits per heavy atom. The monoisotopic (exact) mass is 272 g/mol. The fourth-order valence-corrected chi connectivity index (χ4v) is 2.00. The molecule has 0 heterocycles. The molecule has 2 aromatic carbocycles. The molecule has 2 nitrogen and oxygen atoms in total. The molecule has 2 aromatic rings. The maximum atomic E-state index is 13.2. The minimum Gasteiger partial charge on any atom is -0.493 e. The van der Waals surface area contributed by atoms with Crippen molar-refractivity contribution in [1.82, 2.24) is 0 Å². The first-order valence-electron chi connectivity index (χ1n) is 6.70. The molecule has 0 aliphatic heterocycles. The maximum absolute atomic E-state index is 13.2. The van der Waals surface area contributed by atoms with E-state index in [-0.39, 0.29) is 0 Å². The van der Waals surface area contributed by atoms with Crippen LogP contribution >= 0.6 is 0 Å². The van der Waals surface area contributed by atoms with Crippen LogP contribution in [0.25, 0.3) is 0 Å². The Kier molecular flexibility index (Phi) is 5.30. The van der Waals surface area contributed by atoms with Gasteiger partial charge in [0.15, 0.2) is 0 Å². The Morgan fingerprint density at radius 3 is 2.60 bits per heavy atom. The quantitative estimate of drug-likeness (QED) is 0.561. The summed E-state index contributed by atoms with van der Waals surface area (Å²) in [5.74, 6) is -0.0410. The van der Waals surface area contributed by atoms with Crippen molar-refractivity contribution in [3.8, 4) is 5.75 Å². The van der Waals surface area contributed by atoms with Crippen molar-refractivity contribution in [2.24, 2.45) is 0 Å². The summed E-state index contributed by atoms with van der Waals surface area (Å²) in [4.78, 5) is 10.6. The van der Waals surface area contributed by atoms with E-state index in [2.05, 4.69) is 12.1 Å². The number of unbranched alkanes of at least 4 members (excludes halogenated alkanes) is 1. The van der Waals surface area contributed by atoms with Gasteiger partial charge in [-0.25, -0.2) is 4.39 Å². The molecule has 0 radical (unpaired) electrons.